The molecule has 0 saturated carbocycles. The quantitative estimate of drug-likeness (QED) is 0.600. The van der Waals surface area contributed by atoms with Crippen molar-refractivity contribution < 1.29 is 4.55 Å². The summed E-state index contributed by atoms with van der Waals surface area (Å²) in [7, 11) is 0. The molecule has 0 N–H and O–H groups in total. The summed E-state index contributed by atoms with van der Waals surface area (Å²) in [6.45, 7) is 8.25. The van der Waals surface area contributed by atoms with Crippen LogP contribution in [0.15, 0.2) is 52.5 Å². The van der Waals surface area contributed by atoms with Gasteiger partial charge >= 0.3 is 0 Å². The van der Waals surface area contributed by atoms with Crippen LogP contribution in [-0.2, 0) is 11.2 Å². The zero-order chi connectivity index (χ0) is 17.7. The molecule has 0 bridgehead atoms. The number of nitrogens with zero attached hydrogens (tertiary/aromatic N) is 3. The second-order valence-electron chi connectivity index (χ2n) is 6.51. The maximum absolute atomic E-state index is 13.1. The summed E-state index contributed by atoms with van der Waals surface area (Å²) in [5.41, 5.74) is 5.57. The van der Waals surface area contributed by atoms with Gasteiger partial charge in [0.1, 0.15) is 0 Å². The van der Waals surface area contributed by atoms with E-state index < -0.39 is 11.2 Å². The molecule has 4 rings (SSSR count). The molecule has 1 atom stereocenters. The summed E-state index contributed by atoms with van der Waals surface area (Å²) in [5, 5.41) is 0. The average Bonchev–Trinajstić information content (AvgIpc) is 2.57. The third-order valence-corrected chi connectivity index (χ3v) is 5.82. The smallest absolute Gasteiger partial charge is 0.202 e. The molecule has 1 aromatic carbocycles. The molecule has 0 saturated heterocycles. The first-order valence-electron chi connectivity index (χ1n) is 8.19. The Bertz CT molecular complexity index is 963. The van der Waals surface area contributed by atoms with Gasteiger partial charge in [0, 0.05) is 29.6 Å². The highest BCUT2D eigenvalue weighted by Gasteiger charge is 2.37. The van der Waals surface area contributed by atoms with Gasteiger partial charge in [-0.25, -0.2) is 9.97 Å². The Morgan fingerprint density at radius 2 is 1.56 bits per heavy atom. The second kappa shape index (κ2) is 5.86. The lowest BCUT2D eigenvalue weighted by Gasteiger charge is -2.32. The number of hydrogen-bond donors (Lipinski definition) is 0. The topological polar surface area (TPSA) is 52.1 Å². The van der Waals surface area contributed by atoms with Crippen molar-refractivity contribution in [3.8, 4) is 0 Å². The first-order chi connectivity index (χ1) is 12.0. The van der Waals surface area contributed by atoms with Gasteiger partial charge in [0.15, 0.2) is 11.6 Å². The first kappa shape index (κ1) is 16.1. The molecule has 3 heterocycles. The minimum atomic E-state index is -1.28. The van der Waals surface area contributed by atoms with Gasteiger partial charge < -0.3 is 4.55 Å². The second-order valence-corrected chi connectivity index (χ2v) is 7.93. The lowest BCUT2D eigenvalue weighted by atomic mass is 10.0. The van der Waals surface area contributed by atoms with Gasteiger partial charge in [-0.1, -0.05) is 17.7 Å². The van der Waals surface area contributed by atoms with Crippen molar-refractivity contribution in [2.45, 2.75) is 37.5 Å². The highest BCUT2D eigenvalue weighted by Crippen LogP contribution is 2.47. The Morgan fingerprint density at radius 3 is 2.28 bits per heavy atom. The number of benzene rings is 1. The Kier molecular flexibility index (Phi) is 3.78. The van der Waals surface area contributed by atoms with E-state index in [-0.39, 0.29) is 0 Å². The van der Waals surface area contributed by atoms with E-state index in [1.165, 1.54) is 5.56 Å². The van der Waals surface area contributed by atoms with Crippen LogP contribution in [0.1, 0.15) is 22.3 Å². The molecule has 0 amide bonds. The fourth-order valence-corrected chi connectivity index (χ4v) is 4.84. The fraction of sp³-hybridized carbons (Fsp3) is 0.200. The Morgan fingerprint density at radius 1 is 0.880 bits per heavy atom. The number of aromatic nitrogens is 2. The molecule has 126 valence electrons. The van der Waals surface area contributed by atoms with Gasteiger partial charge in [0.2, 0.25) is 9.79 Å². The van der Waals surface area contributed by atoms with E-state index in [1.807, 2.05) is 31.3 Å². The molecule has 0 fully saturated rings. The summed E-state index contributed by atoms with van der Waals surface area (Å²) in [6, 6.07) is 9.99. The lowest BCUT2D eigenvalue weighted by molar-refractivity contribution is 0.592. The number of aryl methyl sites for hydroxylation is 4. The zero-order valence-electron chi connectivity index (χ0n) is 14.7. The molecule has 0 spiro atoms. The van der Waals surface area contributed by atoms with E-state index in [9.17, 15) is 4.55 Å². The van der Waals surface area contributed by atoms with Crippen molar-refractivity contribution in [3.05, 3.63) is 65.0 Å². The minimum absolute atomic E-state index is 0.694. The Labute approximate surface area is 150 Å². The highest BCUT2D eigenvalue weighted by molar-refractivity contribution is 7.92. The zero-order valence-corrected chi connectivity index (χ0v) is 15.5. The maximum Gasteiger partial charge on any atom is 0.202 e. The molecule has 1 aliphatic heterocycles. The number of pyridine rings is 2. The average molecular weight is 349 g/mol. The Hall–Kier alpha value is -2.37. The van der Waals surface area contributed by atoms with E-state index in [0.29, 0.717) is 11.6 Å². The maximum atomic E-state index is 13.1. The van der Waals surface area contributed by atoms with Crippen LogP contribution in [0.4, 0.5) is 17.3 Å². The van der Waals surface area contributed by atoms with Gasteiger partial charge in [-0.2, -0.15) is 0 Å². The van der Waals surface area contributed by atoms with Crippen LogP contribution in [-0.4, -0.2) is 14.5 Å². The van der Waals surface area contributed by atoms with Gasteiger partial charge in [0.25, 0.3) is 0 Å². The molecule has 1 unspecified atom stereocenters. The standard InChI is InChI=1S/C20H19N3OS/c1-12-8-14(3)18(15(4)9-12)23-19-16(6-5-7-21-19)25(24)17-10-13(2)11-22-20(17)23/h5-11H,1-4H3. The van der Waals surface area contributed by atoms with Crippen molar-refractivity contribution in [1.29, 1.82) is 0 Å². The molecule has 0 aliphatic carbocycles. The van der Waals surface area contributed by atoms with Crippen LogP contribution in [0.2, 0.25) is 0 Å². The predicted molar refractivity (Wildman–Crippen MR) is 100 cm³/mol. The summed E-state index contributed by atoms with van der Waals surface area (Å²) < 4.78 is 13.1. The molecule has 25 heavy (non-hydrogen) atoms. The Balaban J connectivity index is 2.06. The first-order valence-corrected chi connectivity index (χ1v) is 9.34. The van der Waals surface area contributed by atoms with E-state index in [4.69, 9.17) is 0 Å². The van der Waals surface area contributed by atoms with Crippen molar-refractivity contribution in [1.82, 2.24) is 9.97 Å². The normalized spacial score (nSPS) is 15.7. The highest BCUT2D eigenvalue weighted by atomic mass is 32.2. The lowest BCUT2D eigenvalue weighted by Crippen LogP contribution is -2.25. The summed E-state index contributed by atoms with van der Waals surface area (Å²) in [4.78, 5) is 12.7. The minimum Gasteiger partial charge on any atom is -0.606 e. The van der Waals surface area contributed by atoms with Gasteiger partial charge in [-0.15, -0.1) is 0 Å². The van der Waals surface area contributed by atoms with Crippen molar-refractivity contribution >= 4 is 28.5 Å². The largest absolute Gasteiger partial charge is 0.606 e. The van der Waals surface area contributed by atoms with Gasteiger partial charge in [0.05, 0.1) is 5.69 Å². The van der Waals surface area contributed by atoms with Crippen molar-refractivity contribution in [3.63, 3.8) is 0 Å². The summed E-state index contributed by atoms with van der Waals surface area (Å²) >= 11 is -1.28. The van der Waals surface area contributed by atoms with Crippen molar-refractivity contribution in [2.24, 2.45) is 0 Å². The van der Waals surface area contributed by atoms with Gasteiger partial charge in [-0.3, -0.25) is 4.90 Å². The fourth-order valence-electron chi connectivity index (χ4n) is 3.49. The van der Waals surface area contributed by atoms with Crippen LogP contribution in [0.5, 0.6) is 0 Å². The molecule has 1 aliphatic rings. The van der Waals surface area contributed by atoms with E-state index in [0.717, 1.165) is 32.2 Å². The van der Waals surface area contributed by atoms with Gasteiger partial charge in [-0.05, 0) is 56.5 Å². The van der Waals surface area contributed by atoms with Crippen LogP contribution in [0.25, 0.3) is 0 Å². The third kappa shape index (κ3) is 2.51. The SMILES string of the molecule is Cc1cc(C)c(N2c3ncccc3[S+]([O-])c3cc(C)cnc32)c(C)c1. The molecule has 5 heteroatoms. The van der Waals surface area contributed by atoms with Crippen LogP contribution in [0.3, 0.4) is 0 Å². The van der Waals surface area contributed by atoms with E-state index in [1.54, 1.807) is 6.20 Å². The van der Waals surface area contributed by atoms with Crippen LogP contribution >= 0.6 is 0 Å². The predicted octanol–water partition coefficient (Wildman–Crippen LogP) is 4.66. The molecule has 3 aromatic rings. The number of rotatable bonds is 1. The van der Waals surface area contributed by atoms with E-state index in [2.05, 4.69) is 47.8 Å². The van der Waals surface area contributed by atoms with Crippen molar-refractivity contribution in [2.75, 3.05) is 4.90 Å². The molecule has 2 aromatic heterocycles. The molecule has 4 nitrogen and oxygen atoms in total. The summed E-state index contributed by atoms with van der Waals surface area (Å²) in [5.74, 6) is 1.39. The number of fused-ring (bicyclic) bond motifs is 2. The number of hydrogen-bond acceptors (Lipinski definition) is 4. The van der Waals surface area contributed by atoms with E-state index >= 15 is 0 Å². The molecular weight excluding hydrogens is 330 g/mol. The molecular formula is C20H19N3OS. The summed E-state index contributed by atoms with van der Waals surface area (Å²) in [6.07, 6.45) is 3.55. The van der Waals surface area contributed by atoms with Crippen LogP contribution < -0.4 is 4.90 Å². The van der Waals surface area contributed by atoms with Crippen LogP contribution in [0, 0.1) is 27.7 Å². The molecule has 0 radical (unpaired) electrons. The third-order valence-electron chi connectivity index (χ3n) is 4.40. The monoisotopic (exact) mass is 349 g/mol. The number of anilines is 3.